The van der Waals surface area contributed by atoms with Crippen molar-refractivity contribution < 1.29 is 19.4 Å². The van der Waals surface area contributed by atoms with E-state index in [0.29, 0.717) is 5.69 Å². The van der Waals surface area contributed by atoms with Crippen LogP contribution in [0.2, 0.25) is 0 Å². The van der Waals surface area contributed by atoms with Crippen molar-refractivity contribution in [3.05, 3.63) is 74.7 Å². The van der Waals surface area contributed by atoms with E-state index >= 15 is 0 Å². The highest BCUT2D eigenvalue weighted by atomic mass is 79.9. The molecule has 0 unspecified atom stereocenters. The summed E-state index contributed by atoms with van der Waals surface area (Å²) in [6, 6.07) is 16.3. The molecule has 0 atom stereocenters. The summed E-state index contributed by atoms with van der Waals surface area (Å²) < 4.78 is 8.62. The summed E-state index contributed by atoms with van der Waals surface area (Å²) >= 11 is 7.03. The molecule has 7 heteroatoms. The fourth-order valence-corrected chi connectivity index (χ4v) is 4.07. The number of ether oxygens (including phenoxy) is 1. The Morgan fingerprint density at radius 3 is 1.89 bits per heavy atom. The van der Waals surface area contributed by atoms with Crippen molar-refractivity contribution in [2.45, 2.75) is 0 Å². The number of hydrogen-bond donors (Lipinski definition) is 1. The molecule has 0 aliphatic heterocycles. The van der Waals surface area contributed by atoms with Gasteiger partial charge in [0.1, 0.15) is 0 Å². The molecule has 0 amide bonds. The second-order valence-corrected chi connectivity index (χ2v) is 8.05. The fourth-order valence-electron chi connectivity index (χ4n) is 3.35. The molecule has 5 nitrogen and oxygen atoms in total. The minimum atomic E-state index is -1.11. The first kappa shape index (κ1) is 18.7. The second kappa shape index (κ2) is 7.07. The maximum atomic E-state index is 12.1. The monoisotopic (exact) mass is 501 g/mol. The Morgan fingerprint density at radius 1 is 0.857 bits per heavy atom. The molecule has 0 saturated heterocycles. The Hall–Kier alpha value is -2.64. The van der Waals surface area contributed by atoms with Crippen LogP contribution in [0.4, 0.5) is 0 Å². The Morgan fingerprint density at radius 2 is 1.39 bits per heavy atom. The van der Waals surface area contributed by atoms with E-state index in [1.165, 1.54) is 13.2 Å². The standard InChI is InChI=1S/C21H13Br2NO4/c1-28-21(27)12-6-11(20(25)26)7-15(8-12)24-18-4-2-13(22)9-16(18)17-10-14(23)3-5-19(17)24/h2-10H,1H3,(H,25,26). The first-order valence-corrected chi connectivity index (χ1v) is 9.84. The molecule has 0 aliphatic rings. The molecule has 1 aromatic heterocycles. The van der Waals surface area contributed by atoms with Crippen LogP contribution < -0.4 is 0 Å². The molecule has 4 rings (SSSR count). The van der Waals surface area contributed by atoms with Gasteiger partial charge in [0.25, 0.3) is 0 Å². The van der Waals surface area contributed by atoms with Crippen molar-refractivity contribution in [2.75, 3.05) is 7.11 Å². The number of carboxylic acids is 1. The number of esters is 1. The fraction of sp³-hybridized carbons (Fsp3) is 0.0476. The van der Waals surface area contributed by atoms with Crippen LogP contribution in [0.25, 0.3) is 27.5 Å². The van der Waals surface area contributed by atoms with Gasteiger partial charge in [-0.3, -0.25) is 0 Å². The molecule has 0 fully saturated rings. The van der Waals surface area contributed by atoms with Gasteiger partial charge in [0.2, 0.25) is 0 Å². The highest BCUT2D eigenvalue weighted by molar-refractivity contribution is 9.10. The highest BCUT2D eigenvalue weighted by Gasteiger charge is 2.17. The van der Waals surface area contributed by atoms with Crippen LogP contribution in [0.3, 0.4) is 0 Å². The number of carboxylic acid groups (broad SMARTS) is 1. The largest absolute Gasteiger partial charge is 0.478 e. The maximum absolute atomic E-state index is 12.1. The third-order valence-corrected chi connectivity index (χ3v) is 5.52. The molecule has 0 aliphatic carbocycles. The zero-order valence-corrected chi connectivity index (χ0v) is 17.7. The van der Waals surface area contributed by atoms with Gasteiger partial charge in [-0.05, 0) is 54.6 Å². The van der Waals surface area contributed by atoms with E-state index in [1.54, 1.807) is 12.1 Å². The lowest BCUT2D eigenvalue weighted by molar-refractivity contribution is 0.0600. The normalized spacial score (nSPS) is 11.1. The Bertz CT molecular complexity index is 1220. The number of carbonyl (C=O) groups excluding carboxylic acids is 1. The Balaban J connectivity index is 2.12. The van der Waals surface area contributed by atoms with Crippen LogP contribution >= 0.6 is 31.9 Å². The van der Waals surface area contributed by atoms with Gasteiger partial charge in [0.15, 0.2) is 0 Å². The van der Waals surface area contributed by atoms with Crippen LogP contribution in [-0.4, -0.2) is 28.7 Å². The van der Waals surface area contributed by atoms with Crippen LogP contribution in [0, 0.1) is 0 Å². The smallest absolute Gasteiger partial charge is 0.337 e. The van der Waals surface area contributed by atoms with Crippen molar-refractivity contribution in [3.8, 4) is 5.69 Å². The van der Waals surface area contributed by atoms with Crippen LogP contribution in [-0.2, 0) is 4.74 Å². The number of halogens is 2. The average molecular weight is 503 g/mol. The van der Waals surface area contributed by atoms with Gasteiger partial charge in [-0.25, -0.2) is 9.59 Å². The zero-order chi connectivity index (χ0) is 20.0. The van der Waals surface area contributed by atoms with E-state index in [-0.39, 0.29) is 11.1 Å². The van der Waals surface area contributed by atoms with Gasteiger partial charge in [-0.15, -0.1) is 0 Å². The third kappa shape index (κ3) is 3.10. The minimum Gasteiger partial charge on any atom is -0.478 e. The van der Waals surface area contributed by atoms with E-state index in [0.717, 1.165) is 30.8 Å². The maximum Gasteiger partial charge on any atom is 0.337 e. The number of aromatic nitrogens is 1. The Kier molecular flexibility index (Phi) is 4.72. The molecule has 0 spiro atoms. The van der Waals surface area contributed by atoms with Crippen LogP contribution in [0.15, 0.2) is 63.5 Å². The Labute approximate surface area is 176 Å². The summed E-state index contributed by atoms with van der Waals surface area (Å²) in [5.41, 5.74) is 2.57. The molecule has 4 aromatic rings. The van der Waals surface area contributed by atoms with Crippen molar-refractivity contribution in [2.24, 2.45) is 0 Å². The molecule has 0 radical (unpaired) electrons. The molecule has 28 heavy (non-hydrogen) atoms. The number of fused-ring (bicyclic) bond motifs is 3. The summed E-state index contributed by atoms with van der Waals surface area (Å²) in [5, 5.41) is 11.5. The van der Waals surface area contributed by atoms with Crippen LogP contribution in [0.5, 0.6) is 0 Å². The number of benzene rings is 3. The molecule has 140 valence electrons. The van der Waals surface area contributed by atoms with Crippen molar-refractivity contribution in [1.29, 1.82) is 0 Å². The van der Waals surface area contributed by atoms with Gasteiger partial charge in [-0.1, -0.05) is 31.9 Å². The first-order valence-electron chi connectivity index (χ1n) is 8.25. The molecule has 1 heterocycles. The van der Waals surface area contributed by atoms with E-state index < -0.39 is 11.9 Å². The summed E-state index contributed by atoms with van der Waals surface area (Å²) in [6.45, 7) is 0. The number of aromatic carboxylic acids is 1. The van der Waals surface area contributed by atoms with Gasteiger partial charge in [0, 0.05) is 25.4 Å². The van der Waals surface area contributed by atoms with E-state index in [9.17, 15) is 14.7 Å². The molecule has 3 aromatic carbocycles. The third-order valence-electron chi connectivity index (χ3n) is 4.53. The lowest BCUT2D eigenvalue weighted by Gasteiger charge is -2.11. The SMILES string of the molecule is COC(=O)c1cc(C(=O)O)cc(-n2c3ccc(Br)cc3c3cc(Br)ccc32)c1. The molecule has 1 N–H and O–H groups in total. The number of hydrogen-bond acceptors (Lipinski definition) is 3. The molecule has 0 bridgehead atoms. The lowest BCUT2D eigenvalue weighted by Crippen LogP contribution is -2.07. The minimum absolute atomic E-state index is 0.0159. The zero-order valence-electron chi connectivity index (χ0n) is 14.6. The lowest BCUT2D eigenvalue weighted by atomic mass is 10.1. The molecular formula is C21H13Br2NO4. The predicted molar refractivity (Wildman–Crippen MR) is 114 cm³/mol. The summed E-state index contributed by atoms with van der Waals surface area (Å²) in [4.78, 5) is 23.7. The number of rotatable bonds is 3. The van der Waals surface area contributed by atoms with Crippen molar-refractivity contribution >= 4 is 65.6 Å². The second-order valence-electron chi connectivity index (χ2n) is 6.22. The van der Waals surface area contributed by atoms with Gasteiger partial charge < -0.3 is 14.4 Å². The predicted octanol–water partition coefficient (Wildman–Crippen LogP) is 5.79. The number of carbonyl (C=O) groups is 2. The van der Waals surface area contributed by atoms with Crippen molar-refractivity contribution in [3.63, 3.8) is 0 Å². The van der Waals surface area contributed by atoms with Gasteiger partial charge in [0.05, 0.1) is 29.3 Å². The average Bonchev–Trinajstić information content (AvgIpc) is 2.99. The van der Waals surface area contributed by atoms with Crippen LogP contribution in [0.1, 0.15) is 20.7 Å². The van der Waals surface area contributed by atoms with E-state index in [4.69, 9.17) is 4.74 Å². The number of methoxy groups -OCH3 is 1. The topological polar surface area (TPSA) is 68.5 Å². The first-order chi connectivity index (χ1) is 13.4. The van der Waals surface area contributed by atoms with E-state index in [1.807, 2.05) is 41.0 Å². The molecular weight excluding hydrogens is 490 g/mol. The van der Waals surface area contributed by atoms with Gasteiger partial charge in [-0.2, -0.15) is 0 Å². The van der Waals surface area contributed by atoms with E-state index in [2.05, 4.69) is 31.9 Å². The van der Waals surface area contributed by atoms with Crippen molar-refractivity contribution in [1.82, 2.24) is 4.57 Å². The highest BCUT2D eigenvalue weighted by Crippen LogP contribution is 2.35. The summed E-state index contributed by atoms with van der Waals surface area (Å²) in [6.07, 6.45) is 0. The van der Waals surface area contributed by atoms with Gasteiger partial charge >= 0.3 is 11.9 Å². The quantitative estimate of drug-likeness (QED) is 0.360. The number of nitrogens with zero attached hydrogens (tertiary/aromatic N) is 1. The summed E-state index contributed by atoms with van der Waals surface area (Å²) in [5.74, 6) is -1.70. The summed E-state index contributed by atoms with van der Waals surface area (Å²) in [7, 11) is 1.27. The molecule has 0 saturated carbocycles.